The van der Waals surface area contributed by atoms with Crippen LogP contribution < -0.4 is 0 Å². The maximum atomic E-state index is 2.33. The van der Waals surface area contributed by atoms with Crippen molar-refractivity contribution in [3.05, 3.63) is 35.4 Å². The summed E-state index contributed by atoms with van der Waals surface area (Å²) < 4.78 is 0. The average molecular weight is 234 g/mol. The topological polar surface area (TPSA) is 0 Å². The molecule has 0 radical (unpaired) electrons. The maximum absolute atomic E-state index is 2.33. The highest BCUT2D eigenvalue weighted by molar-refractivity contribution is 5.23. The molecule has 0 aromatic heterocycles. The van der Waals surface area contributed by atoms with Gasteiger partial charge in [0.2, 0.25) is 0 Å². The molecule has 0 heteroatoms. The minimum atomic E-state index is 0.706. The standard InChI is InChI=1S/C14H22.C3H8/c1-11(2)5-8-13(4)14-9-6-12(3)7-10-14;1-3-2/h6-7,9-11,13H,5,8H2,1-4H3;3H2,1-2H3. The second-order valence-electron chi connectivity index (χ2n) is 5.49. The van der Waals surface area contributed by atoms with Crippen LogP contribution in [0.2, 0.25) is 0 Å². The van der Waals surface area contributed by atoms with Crippen molar-refractivity contribution in [3.63, 3.8) is 0 Å². The quantitative estimate of drug-likeness (QED) is 0.603. The van der Waals surface area contributed by atoms with Crippen molar-refractivity contribution in [1.82, 2.24) is 0 Å². The highest BCUT2D eigenvalue weighted by Gasteiger charge is 2.05. The van der Waals surface area contributed by atoms with E-state index in [4.69, 9.17) is 0 Å². The van der Waals surface area contributed by atoms with Crippen LogP contribution in [0.25, 0.3) is 0 Å². The molecule has 0 aliphatic rings. The van der Waals surface area contributed by atoms with Crippen LogP contribution in [0.1, 0.15) is 70.9 Å². The van der Waals surface area contributed by atoms with Crippen LogP contribution in [0.15, 0.2) is 24.3 Å². The van der Waals surface area contributed by atoms with Gasteiger partial charge in [0, 0.05) is 0 Å². The van der Waals surface area contributed by atoms with Crippen molar-refractivity contribution in [1.29, 1.82) is 0 Å². The highest BCUT2D eigenvalue weighted by Crippen LogP contribution is 2.22. The van der Waals surface area contributed by atoms with Gasteiger partial charge in [0.05, 0.1) is 0 Å². The fraction of sp³-hybridized carbons (Fsp3) is 0.647. The van der Waals surface area contributed by atoms with Gasteiger partial charge in [0.25, 0.3) is 0 Å². The van der Waals surface area contributed by atoms with Gasteiger partial charge in [-0.05, 0) is 30.7 Å². The summed E-state index contributed by atoms with van der Waals surface area (Å²) in [7, 11) is 0. The highest BCUT2D eigenvalue weighted by atomic mass is 14.1. The molecular weight excluding hydrogens is 204 g/mol. The van der Waals surface area contributed by atoms with E-state index in [0.717, 1.165) is 5.92 Å². The zero-order chi connectivity index (χ0) is 13.3. The third-order valence-corrected chi connectivity index (χ3v) is 2.82. The molecule has 0 aliphatic carbocycles. The summed E-state index contributed by atoms with van der Waals surface area (Å²) in [6, 6.07) is 8.95. The number of rotatable bonds is 4. The summed E-state index contributed by atoms with van der Waals surface area (Å²) in [4.78, 5) is 0. The Morgan fingerprint density at radius 3 is 1.76 bits per heavy atom. The lowest BCUT2D eigenvalue weighted by atomic mass is 9.92. The lowest BCUT2D eigenvalue weighted by molar-refractivity contribution is 0.517. The smallest absolute Gasteiger partial charge is 0.0190 e. The van der Waals surface area contributed by atoms with Crippen LogP contribution >= 0.6 is 0 Å². The molecule has 0 saturated heterocycles. The molecule has 0 heterocycles. The number of aryl methyl sites for hydroxylation is 1. The zero-order valence-corrected chi connectivity index (χ0v) is 12.6. The largest absolute Gasteiger partial charge is 0.0656 e. The van der Waals surface area contributed by atoms with Gasteiger partial charge in [-0.15, -0.1) is 0 Å². The monoisotopic (exact) mass is 234 g/mol. The molecule has 1 aromatic carbocycles. The Bertz CT molecular complexity index is 269. The summed E-state index contributed by atoms with van der Waals surface area (Å²) in [5.74, 6) is 1.53. The van der Waals surface area contributed by atoms with E-state index in [1.54, 1.807) is 0 Å². The van der Waals surface area contributed by atoms with Crippen LogP contribution in [-0.4, -0.2) is 0 Å². The number of benzene rings is 1. The molecule has 0 N–H and O–H groups in total. The van der Waals surface area contributed by atoms with Gasteiger partial charge in [-0.1, -0.05) is 77.3 Å². The Morgan fingerprint density at radius 2 is 1.35 bits per heavy atom. The average Bonchev–Trinajstić information content (AvgIpc) is 2.28. The molecular formula is C17H30. The van der Waals surface area contributed by atoms with Crippen molar-refractivity contribution in [3.8, 4) is 0 Å². The summed E-state index contributed by atoms with van der Waals surface area (Å²) in [6.45, 7) is 13.3. The lowest BCUT2D eigenvalue weighted by Gasteiger charge is -2.13. The molecule has 0 nitrogen and oxygen atoms in total. The summed E-state index contributed by atoms with van der Waals surface area (Å²) in [5, 5.41) is 0. The second kappa shape index (κ2) is 9.27. The Morgan fingerprint density at radius 1 is 0.882 bits per heavy atom. The molecule has 0 spiro atoms. The minimum Gasteiger partial charge on any atom is -0.0656 e. The van der Waals surface area contributed by atoms with E-state index >= 15 is 0 Å². The number of hydrogen-bond acceptors (Lipinski definition) is 0. The Labute approximate surface area is 108 Å². The predicted molar refractivity (Wildman–Crippen MR) is 79.6 cm³/mol. The second-order valence-corrected chi connectivity index (χ2v) is 5.49. The van der Waals surface area contributed by atoms with E-state index < -0.39 is 0 Å². The SMILES string of the molecule is CCC.Cc1ccc(C(C)CCC(C)C)cc1. The van der Waals surface area contributed by atoms with Crippen LogP contribution in [-0.2, 0) is 0 Å². The van der Waals surface area contributed by atoms with Crippen LogP contribution in [0.5, 0.6) is 0 Å². The zero-order valence-electron chi connectivity index (χ0n) is 12.6. The molecule has 1 rings (SSSR count). The predicted octanol–water partition coefficient (Wildman–Crippen LogP) is 5.95. The molecule has 1 aromatic rings. The molecule has 98 valence electrons. The first kappa shape index (κ1) is 16.2. The van der Waals surface area contributed by atoms with Gasteiger partial charge in [0.1, 0.15) is 0 Å². The van der Waals surface area contributed by atoms with E-state index in [9.17, 15) is 0 Å². The fourth-order valence-electron chi connectivity index (χ4n) is 1.64. The summed E-state index contributed by atoms with van der Waals surface area (Å²) in [5.41, 5.74) is 2.83. The summed E-state index contributed by atoms with van der Waals surface area (Å²) in [6.07, 6.45) is 3.88. The van der Waals surface area contributed by atoms with E-state index in [1.807, 2.05) is 0 Å². The first-order chi connectivity index (χ1) is 8.01. The van der Waals surface area contributed by atoms with Gasteiger partial charge in [-0.25, -0.2) is 0 Å². The van der Waals surface area contributed by atoms with Crippen molar-refractivity contribution in [2.24, 2.45) is 5.92 Å². The number of hydrogen-bond donors (Lipinski definition) is 0. The van der Waals surface area contributed by atoms with Gasteiger partial charge in [0.15, 0.2) is 0 Å². The van der Waals surface area contributed by atoms with Crippen LogP contribution in [0.3, 0.4) is 0 Å². The van der Waals surface area contributed by atoms with Crippen LogP contribution in [0.4, 0.5) is 0 Å². The van der Waals surface area contributed by atoms with E-state index in [-0.39, 0.29) is 0 Å². The maximum Gasteiger partial charge on any atom is -0.0190 e. The van der Waals surface area contributed by atoms with Gasteiger partial charge in [-0.2, -0.15) is 0 Å². The minimum absolute atomic E-state index is 0.706. The molecule has 0 amide bonds. The van der Waals surface area contributed by atoms with E-state index in [1.165, 1.54) is 30.4 Å². The Kier molecular flexibility index (Phi) is 8.85. The lowest BCUT2D eigenvalue weighted by Crippen LogP contribution is -1.96. The van der Waals surface area contributed by atoms with Gasteiger partial charge >= 0.3 is 0 Å². The first-order valence-electron chi connectivity index (χ1n) is 7.07. The Balaban J connectivity index is 0.000000770. The van der Waals surface area contributed by atoms with Crippen molar-refractivity contribution in [2.75, 3.05) is 0 Å². The van der Waals surface area contributed by atoms with Gasteiger partial charge in [-0.3, -0.25) is 0 Å². The van der Waals surface area contributed by atoms with E-state index in [0.29, 0.717) is 5.92 Å². The molecule has 1 unspecified atom stereocenters. The van der Waals surface area contributed by atoms with Gasteiger partial charge < -0.3 is 0 Å². The third-order valence-electron chi connectivity index (χ3n) is 2.82. The van der Waals surface area contributed by atoms with Crippen LogP contribution in [0, 0.1) is 12.8 Å². The van der Waals surface area contributed by atoms with Crippen molar-refractivity contribution >= 4 is 0 Å². The van der Waals surface area contributed by atoms with Crippen molar-refractivity contribution < 1.29 is 0 Å². The molecule has 17 heavy (non-hydrogen) atoms. The fourth-order valence-corrected chi connectivity index (χ4v) is 1.64. The molecule has 1 atom stereocenters. The molecule has 0 saturated carbocycles. The summed E-state index contributed by atoms with van der Waals surface area (Å²) >= 11 is 0. The van der Waals surface area contributed by atoms with E-state index in [2.05, 4.69) is 65.8 Å². The molecule has 0 aliphatic heterocycles. The Hall–Kier alpha value is -0.780. The van der Waals surface area contributed by atoms with Crippen molar-refractivity contribution in [2.45, 2.75) is 66.7 Å². The molecule has 0 fully saturated rings. The first-order valence-corrected chi connectivity index (χ1v) is 7.07. The normalized spacial score (nSPS) is 11.9. The molecule has 0 bridgehead atoms. The third kappa shape index (κ3) is 8.01.